The molecule has 0 fully saturated rings. The second-order valence-corrected chi connectivity index (χ2v) is 4.93. The first-order valence-corrected chi connectivity index (χ1v) is 6.91. The summed E-state index contributed by atoms with van der Waals surface area (Å²) in [5.41, 5.74) is 1.42. The highest BCUT2D eigenvalue weighted by Gasteiger charge is 2.08. The summed E-state index contributed by atoms with van der Waals surface area (Å²) in [7, 11) is 0. The molecule has 112 valence electrons. The summed E-state index contributed by atoms with van der Waals surface area (Å²) >= 11 is 0. The summed E-state index contributed by atoms with van der Waals surface area (Å²) in [6, 6.07) is 15.5. The van der Waals surface area contributed by atoms with Gasteiger partial charge in [-0.05, 0) is 36.4 Å². The number of amides is 1. The smallest absolute Gasteiger partial charge is 0.261 e. The number of rotatable bonds is 3. The number of anilines is 1. The van der Waals surface area contributed by atoms with E-state index in [1.54, 1.807) is 48.5 Å². The first-order valence-electron chi connectivity index (χ1n) is 6.91. The highest BCUT2D eigenvalue weighted by atomic mass is 16.2. The third-order valence-electron chi connectivity index (χ3n) is 3.34. The number of benzene rings is 2. The van der Waals surface area contributed by atoms with Crippen LogP contribution in [0.2, 0.25) is 0 Å². The Morgan fingerprint density at radius 1 is 1.17 bits per heavy atom. The molecule has 0 aliphatic heterocycles. The van der Waals surface area contributed by atoms with Crippen molar-refractivity contribution in [3.8, 4) is 6.07 Å². The van der Waals surface area contributed by atoms with E-state index in [2.05, 4.69) is 10.3 Å². The highest BCUT2D eigenvalue weighted by Crippen LogP contribution is 2.09. The fourth-order valence-corrected chi connectivity index (χ4v) is 2.20. The lowest BCUT2D eigenvalue weighted by molar-refractivity contribution is -0.116. The van der Waals surface area contributed by atoms with Gasteiger partial charge in [0.15, 0.2) is 0 Å². The van der Waals surface area contributed by atoms with Crippen LogP contribution in [0.4, 0.5) is 5.69 Å². The van der Waals surface area contributed by atoms with Gasteiger partial charge < -0.3 is 5.32 Å². The van der Waals surface area contributed by atoms with Crippen LogP contribution in [-0.2, 0) is 11.3 Å². The molecule has 2 aromatic carbocycles. The van der Waals surface area contributed by atoms with Gasteiger partial charge in [0.2, 0.25) is 5.91 Å². The lowest BCUT2D eigenvalue weighted by Crippen LogP contribution is -2.27. The number of para-hydroxylation sites is 1. The Kier molecular flexibility index (Phi) is 3.85. The van der Waals surface area contributed by atoms with Crippen LogP contribution < -0.4 is 10.9 Å². The monoisotopic (exact) mass is 304 g/mol. The van der Waals surface area contributed by atoms with E-state index < -0.39 is 0 Å². The zero-order valence-corrected chi connectivity index (χ0v) is 12.1. The van der Waals surface area contributed by atoms with Gasteiger partial charge in [-0.2, -0.15) is 5.26 Å². The second kappa shape index (κ2) is 6.12. The Bertz CT molecular complexity index is 968. The lowest BCUT2D eigenvalue weighted by atomic mass is 10.2. The molecule has 0 unspecified atom stereocenters. The van der Waals surface area contributed by atoms with Crippen LogP contribution in [0.1, 0.15) is 5.56 Å². The first-order chi connectivity index (χ1) is 11.2. The number of carbonyl (C=O) groups excluding carboxylic acids is 1. The Labute approximate surface area is 131 Å². The maximum absolute atomic E-state index is 12.3. The predicted molar refractivity (Wildman–Crippen MR) is 85.8 cm³/mol. The van der Waals surface area contributed by atoms with Gasteiger partial charge in [0, 0.05) is 5.69 Å². The van der Waals surface area contributed by atoms with E-state index in [0.29, 0.717) is 22.2 Å². The minimum atomic E-state index is -0.339. The Balaban J connectivity index is 1.78. The molecule has 0 atom stereocenters. The molecule has 0 bridgehead atoms. The van der Waals surface area contributed by atoms with Crippen LogP contribution in [0.3, 0.4) is 0 Å². The van der Waals surface area contributed by atoms with Gasteiger partial charge >= 0.3 is 0 Å². The number of hydrogen-bond donors (Lipinski definition) is 1. The summed E-state index contributed by atoms with van der Waals surface area (Å²) in [5, 5.41) is 11.9. The van der Waals surface area contributed by atoms with Crippen molar-refractivity contribution in [2.75, 3.05) is 5.32 Å². The van der Waals surface area contributed by atoms with Crippen molar-refractivity contribution in [3.63, 3.8) is 0 Å². The molecule has 1 amide bonds. The van der Waals surface area contributed by atoms with Gasteiger partial charge in [0.05, 0.1) is 28.9 Å². The number of carbonyl (C=O) groups is 1. The van der Waals surface area contributed by atoms with Crippen molar-refractivity contribution < 1.29 is 4.79 Å². The predicted octanol–water partition coefficient (Wildman–Crippen LogP) is 1.91. The molecule has 0 saturated heterocycles. The molecule has 0 spiro atoms. The summed E-state index contributed by atoms with van der Waals surface area (Å²) < 4.78 is 1.27. The lowest BCUT2D eigenvalue weighted by Gasteiger charge is -2.08. The molecule has 0 saturated carbocycles. The van der Waals surface area contributed by atoms with Crippen molar-refractivity contribution in [3.05, 3.63) is 70.8 Å². The average molecular weight is 304 g/mol. The van der Waals surface area contributed by atoms with Crippen LogP contribution in [0, 0.1) is 11.3 Å². The molecule has 1 N–H and O–H groups in total. The van der Waals surface area contributed by atoms with Crippen molar-refractivity contribution in [1.29, 1.82) is 5.26 Å². The Morgan fingerprint density at radius 3 is 2.65 bits per heavy atom. The Morgan fingerprint density at radius 2 is 1.91 bits per heavy atom. The summed E-state index contributed by atoms with van der Waals surface area (Å²) in [5.74, 6) is -0.339. The van der Waals surface area contributed by atoms with Gasteiger partial charge in [-0.3, -0.25) is 14.2 Å². The van der Waals surface area contributed by atoms with Crippen molar-refractivity contribution in [2.24, 2.45) is 0 Å². The molecular weight excluding hydrogens is 292 g/mol. The van der Waals surface area contributed by atoms with E-state index in [1.165, 1.54) is 10.9 Å². The number of aromatic nitrogens is 2. The zero-order valence-electron chi connectivity index (χ0n) is 12.1. The van der Waals surface area contributed by atoms with Gasteiger partial charge in [-0.1, -0.05) is 12.1 Å². The van der Waals surface area contributed by atoms with E-state index in [9.17, 15) is 9.59 Å². The number of fused-ring (bicyclic) bond motifs is 1. The molecule has 0 aliphatic rings. The van der Waals surface area contributed by atoms with Gasteiger partial charge in [0.1, 0.15) is 6.54 Å². The number of nitriles is 1. The molecular formula is C17H12N4O2. The minimum Gasteiger partial charge on any atom is -0.325 e. The molecule has 0 aliphatic carbocycles. The van der Waals surface area contributed by atoms with Crippen molar-refractivity contribution in [1.82, 2.24) is 9.55 Å². The molecule has 3 aromatic rings. The fourth-order valence-electron chi connectivity index (χ4n) is 2.20. The number of nitrogens with zero attached hydrogens (tertiary/aromatic N) is 3. The van der Waals surface area contributed by atoms with Crippen molar-refractivity contribution >= 4 is 22.5 Å². The standard InChI is InChI=1S/C17H12N4O2/c18-9-12-5-7-13(8-6-12)20-16(22)10-21-11-19-15-4-2-1-3-14(15)17(21)23/h1-8,11H,10H2,(H,20,22). The summed E-state index contributed by atoms with van der Waals surface area (Å²) in [6.45, 7) is -0.128. The van der Waals surface area contributed by atoms with E-state index in [4.69, 9.17) is 5.26 Å². The molecule has 3 rings (SSSR count). The molecule has 6 heteroatoms. The maximum atomic E-state index is 12.3. The largest absolute Gasteiger partial charge is 0.325 e. The SMILES string of the molecule is N#Cc1ccc(NC(=O)Cn2cnc3ccccc3c2=O)cc1. The first kappa shape index (κ1) is 14.5. The third-order valence-corrected chi connectivity index (χ3v) is 3.34. The van der Waals surface area contributed by atoms with Crippen LogP contribution in [0.5, 0.6) is 0 Å². The molecule has 23 heavy (non-hydrogen) atoms. The van der Waals surface area contributed by atoms with E-state index in [1.807, 2.05) is 6.07 Å². The number of hydrogen-bond acceptors (Lipinski definition) is 4. The minimum absolute atomic E-state index is 0.128. The third kappa shape index (κ3) is 3.09. The van der Waals surface area contributed by atoms with E-state index >= 15 is 0 Å². The molecule has 1 aromatic heterocycles. The fraction of sp³-hybridized carbons (Fsp3) is 0.0588. The summed E-state index contributed by atoms with van der Waals surface area (Å²) in [6.07, 6.45) is 1.36. The van der Waals surface area contributed by atoms with Crippen molar-refractivity contribution in [2.45, 2.75) is 6.54 Å². The van der Waals surface area contributed by atoms with Crippen LogP contribution in [0.25, 0.3) is 10.9 Å². The zero-order chi connectivity index (χ0) is 16.2. The van der Waals surface area contributed by atoms with Crippen LogP contribution in [-0.4, -0.2) is 15.5 Å². The summed E-state index contributed by atoms with van der Waals surface area (Å²) in [4.78, 5) is 28.5. The molecule has 1 heterocycles. The van der Waals surface area contributed by atoms with Gasteiger partial charge in [-0.15, -0.1) is 0 Å². The molecule has 0 radical (unpaired) electrons. The molecule has 6 nitrogen and oxygen atoms in total. The second-order valence-electron chi connectivity index (χ2n) is 4.93. The van der Waals surface area contributed by atoms with Crippen LogP contribution >= 0.6 is 0 Å². The maximum Gasteiger partial charge on any atom is 0.261 e. The Hall–Kier alpha value is -3.46. The quantitative estimate of drug-likeness (QED) is 0.800. The van der Waals surface area contributed by atoms with Crippen LogP contribution in [0.15, 0.2) is 59.7 Å². The average Bonchev–Trinajstić information content (AvgIpc) is 2.58. The topological polar surface area (TPSA) is 87.8 Å². The van der Waals surface area contributed by atoms with E-state index in [0.717, 1.165) is 0 Å². The van der Waals surface area contributed by atoms with E-state index in [-0.39, 0.29) is 18.0 Å². The van der Waals surface area contributed by atoms with Gasteiger partial charge in [0.25, 0.3) is 5.56 Å². The van der Waals surface area contributed by atoms with Gasteiger partial charge in [-0.25, -0.2) is 4.98 Å². The normalized spacial score (nSPS) is 10.2. The number of nitrogens with one attached hydrogen (secondary N) is 1. The highest BCUT2D eigenvalue weighted by molar-refractivity contribution is 5.90.